The fourth-order valence-corrected chi connectivity index (χ4v) is 3.75. The minimum atomic E-state index is -0.588. The van der Waals surface area contributed by atoms with Gasteiger partial charge in [-0.25, -0.2) is 9.67 Å². The number of nitro groups is 1. The van der Waals surface area contributed by atoms with E-state index in [1.54, 1.807) is 32.9 Å². The summed E-state index contributed by atoms with van der Waals surface area (Å²) in [5, 5.41) is 27.0. The van der Waals surface area contributed by atoms with Crippen LogP contribution in [-0.4, -0.2) is 40.5 Å². The summed E-state index contributed by atoms with van der Waals surface area (Å²) >= 11 is 12.0. The van der Waals surface area contributed by atoms with Gasteiger partial charge in [-0.15, -0.1) is 5.10 Å². The van der Waals surface area contributed by atoms with Crippen molar-refractivity contribution < 1.29 is 14.2 Å². The lowest BCUT2D eigenvalue weighted by atomic mass is 10.2. The minimum absolute atomic E-state index is 0.00791. The normalized spacial score (nSPS) is 11.1. The van der Waals surface area contributed by atoms with Crippen molar-refractivity contribution in [3.8, 4) is 0 Å². The number of hydrogen-bond donors (Lipinski definition) is 1. The number of aromatic nitrogens is 6. The molecule has 3 aromatic heterocycles. The van der Waals surface area contributed by atoms with E-state index in [0.29, 0.717) is 33.6 Å². The molecule has 0 unspecified atom stereocenters. The zero-order valence-electron chi connectivity index (χ0n) is 18.2. The molecular formula is C20H18Cl2N8O4. The molecule has 1 amide bonds. The van der Waals surface area contributed by atoms with Gasteiger partial charge >= 0.3 is 5.69 Å². The molecule has 176 valence electrons. The summed E-state index contributed by atoms with van der Waals surface area (Å²) in [6.07, 6.45) is 1.46. The summed E-state index contributed by atoms with van der Waals surface area (Å²) in [6.45, 7) is 5.22. The predicted molar refractivity (Wildman–Crippen MR) is 122 cm³/mol. The van der Waals surface area contributed by atoms with Gasteiger partial charge in [-0.2, -0.15) is 5.10 Å². The molecule has 4 rings (SSSR count). The average molecular weight is 505 g/mol. The molecule has 0 saturated carbocycles. The Morgan fingerprint density at radius 2 is 1.94 bits per heavy atom. The van der Waals surface area contributed by atoms with Gasteiger partial charge in [-0.1, -0.05) is 34.4 Å². The monoisotopic (exact) mass is 504 g/mol. The van der Waals surface area contributed by atoms with Crippen molar-refractivity contribution in [2.24, 2.45) is 0 Å². The van der Waals surface area contributed by atoms with Crippen LogP contribution in [0, 0.1) is 30.9 Å². The third-order valence-corrected chi connectivity index (χ3v) is 5.86. The van der Waals surface area contributed by atoms with Crippen LogP contribution < -0.4 is 5.32 Å². The van der Waals surface area contributed by atoms with Gasteiger partial charge in [0.05, 0.1) is 28.1 Å². The summed E-state index contributed by atoms with van der Waals surface area (Å²) in [7, 11) is 0. The number of nitrogens with one attached hydrogen (secondary N) is 1. The first-order valence-electron chi connectivity index (χ1n) is 9.92. The molecule has 0 aliphatic carbocycles. The van der Waals surface area contributed by atoms with E-state index >= 15 is 0 Å². The van der Waals surface area contributed by atoms with E-state index in [9.17, 15) is 14.9 Å². The molecule has 0 saturated heterocycles. The Morgan fingerprint density at radius 1 is 1.18 bits per heavy atom. The van der Waals surface area contributed by atoms with Crippen LogP contribution in [0.3, 0.4) is 0 Å². The van der Waals surface area contributed by atoms with Gasteiger partial charge < -0.3 is 4.52 Å². The largest absolute Gasteiger partial charge is 0.361 e. The highest BCUT2D eigenvalue weighted by Gasteiger charge is 2.26. The maximum absolute atomic E-state index is 12.9. The zero-order valence-corrected chi connectivity index (χ0v) is 19.8. The van der Waals surface area contributed by atoms with Gasteiger partial charge in [-0.3, -0.25) is 24.9 Å². The summed E-state index contributed by atoms with van der Waals surface area (Å²) < 4.78 is 8.17. The van der Waals surface area contributed by atoms with Crippen LogP contribution in [-0.2, 0) is 13.1 Å². The second kappa shape index (κ2) is 9.23. The van der Waals surface area contributed by atoms with Crippen molar-refractivity contribution in [3.05, 3.63) is 78.7 Å². The van der Waals surface area contributed by atoms with E-state index in [2.05, 4.69) is 25.7 Å². The highest BCUT2D eigenvalue weighted by molar-refractivity contribution is 6.42. The summed E-state index contributed by atoms with van der Waals surface area (Å²) in [5.41, 5.74) is 1.86. The van der Waals surface area contributed by atoms with E-state index in [-0.39, 0.29) is 29.6 Å². The maximum atomic E-state index is 12.9. The number of aryl methyl sites for hydroxylation is 2. The second-order valence-corrected chi connectivity index (χ2v) is 8.28. The number of benzene rings is 1. The number of nitrogens with zero attached hydrogens (tertiary/aromatic N) is 7. The van der Waals surface area contributed by atoms with Crippen molar-refractivity contribution in [3.63, 3.8) is 0 Å². The Kier molecular flexibility index (Phi) is 6.35. The van der Waals surface area contributed by atoms with Gasteiger partial charge in [0.2, 0.25) is 5.95 Å². The Bertz CT molecular complexity index is 1410. The third-order valence-electron chi connectivity index (χ3n) is 5.12. The van der Waals surface area contributed by atoms with Crippen LogP contribution in [0.5, 0.6) is 0 Å². The number of halogens is 2. The number of amides is 1. The standard InChI is InChI=1S/C20H18Cl2N8O4/c1-10-18(30(32)33)11(2)29(25-10)8-14-12(3)34-27-17(14)19(31)24-20-23-9-28(26-20)7-13-4-5-15(21)16(22)6-13/h4-6,9H,7-8H2,1-3H3,(H,24,26,31). The lowest BCUT2D eigenvalue weighted by molar-refractivity contribution is -0.386. The third kappa shape index (κ3) is 4.63. The number of carbonyl (C=O) groups is 1. The smallest absolute Gasteiger partial charge is 0.312 e. The van der Waals surface area contributed by atoms with Gasteiger partial charge in [0, 0.05) is 5.56 Å². The molecule has 0 radical (unpaired) electrons. The summed E-state index contributed by atoms with van der Waals surface area (Å²) in [4.78, 5) is 27.8. The van der Waals surface area contributed by atoms with Crippen LogP contribution >= 0.6 is 23.2 Å². The molecule has 0 aliphatic heterocycles. The Hall–Kier alpha value is -3.77. The molecular weight excluding hydrogens is 487 g/mol. The molecule has 1 N–H and O–H groups in total. The SMILES string of the molecule is Cc1nn(Cc2c(C(=O)Nc3ncn(Cc4ccc(Cl)c(Cl)c4)n3)noc2C)c(C)c1[N+](=O)[O-]. The number of carbonyl (C=O) groups excluding carboxylic acids is 1. The van der Waals surface area contributed by atoms with Crippen molar-refractivity contribution in [2.75, 3.05) is 5.32 Å². The van der Waals surface area contributed by atoms with Crippen molar-refractivity contribution >= 4 is 40.7 Å². The van der Waals surface area contributed by atoms with Gasteiger partial charge in [-0.05, 0) is 38.5 Å². The molecule has 0 aliphatic rings. The van der Waals surface area contributed by atoms with Gasteiger partial charge in [0.25, 0.3) is 5.91 Å². The highest BCUT2D eigenvalue weighted by Crippen LogP contribution is 2.25. The van der Waals surface area contributed by atoms with Crippen molar-refractivity contribution in [1.29, 1.82) is 0 Å². The fourth-order valence-electron chi connectivity index (χ4n) is 3.43. The van der Waals surface area contributed by atoms with E-state index in [1.807, 2.05) is 6.07 Å². The summed E-state index contributed by atoms with van der Waals surface area (Å²) in [5.74, 6) is -0.132. The topological polar surface area (TPSA) is 147 Å². The lowest BCUT2D eigenvalue weighted by Gasteiger charge is -2.05. The van der Waals surface area contributed by atoms with E-state index in [1.165, 1.54) is 15.7 Å². The van der Waals surface area contributed by atoms with Crippen LogP contribution in [0.4, 0.5) is 11.6 Å². The molecule has 34 heavy (non-hydrogen) atoms. The average Bonchev–Trinajstić information content (AvgIpc) is 3.43. The molecule has 14 heteroatoms. The highest BCUT2D eigenvalue weighted by atomic mass is 35.5. The van der Waals surface area contributed by atoms with Crippen molar-refractivity contribution in [2.45, 2.75) is 33.9 Å². The van der Waals surface area contributed by atoms with E-state index < -0.39 is 10.8 Å². The fraction of sp³-hybridized carbons (Fsp3) is 0.250. The number of anilines is 1. The quantitative estimate of drug-likeness (QED) is 0.293. The van der Waals surface area contributed by atoms with E-state index in [4.69, 9.17) is 27.7 Å². The number of rotatable bonds is 7. The van der Waals surface area contributed by atoms with Crippen LogP contribution in [0.25, 0.3) is 0 Å². The number of hydrogen-bond acceptors (Lipinski definition) is 8. The lowest BCUT2D eigenvalue weighted by Crippen LogP contribution is -2.17. The molecule has 12 nitrogen and oxygen atoms in total. The molecule has 3 heterocycles. The molecule has 4 aromatic rings. The zero-order chi connectivity index (χ0) is 24.6. The molecule has 1 aromatic carbocycles. The second-order valence-electron chi connectivity index (χ2n) is 7.47. The Labute approximate surface area is 202 Å². The van der Waals surface area contributed by atoms with E-state index in [0.717, 1.165) is 5.56 Å². The minimum Gasteiger partial charge on any atom is -0.361 e. The van der Waals surface area contributed by atoms with Gasteiger partial charge in [0.15, 0.2) is 5.69 Å². The predicted octanol–water partition coefficient (Wildman–Crippen LogP) is 3.95. The first kappa shape index (κ1) is 23.4. The van der Waals surface area contributed by atoms with Crippen LogP contribution in [0.15, 0.2) is 29.0 Å². The summed E-state index contributed by atoms with van der Waals surface area (Å²) in [6, 6.07) is 5.21. The first-order chi connectivity index (χ1) is 16.1. The Morgan fingerprint density at radius 3 is 2.62 bits per heavy atom. The molecule has 0 fully saturated rings. The van der Waals surface area contributed by atoms with Crippen LogP contribution in [0.1, 0.15) is 38.8 Å². The first-order valence-corrected chi connectivity index (χ1v) is 10.7. The van der Waals surface area contributed by atoms with Gasteiger partial charge in [0.1, 0.15) is 23.5 Å². The molecule has 0 spiro atoms. The molecule has 0 bridgehead atoms. The molecule has 0 atom stereocenters. The van der Waals surface area contributed by atoms with Crippen molar-refractivity contribution in [1.82, 2.24) is 29.7 Å². The Balaban J connectivity index is 1.50. The maximum Gasteiger partial charge on any atom is 0.312 e. The van der Waals surface area contributed by atoms with Crippen LogP contribution in [0.2, 0.25) is 10.0 Å².